The lowest BCUT2D eigenvalue weighted by Gasteiger charge is -2.30. The van der Waals surface area contributed by atoms with Crippen LogP contribution in [0.3, 0.4) is 0 Å². The molecule has 3 fully saturated rings. The van der Waals surface area contributed by atoms with E-state index in [9.17, 15) is 0 Å². The van der Waals surface area contributed by atoms with Crippen molar-refractivity contribution >= 4 is 29.9 Å². The molecular weight excluding hydrogens is 439 g/mol. The van der Waals surface area contributed by atoms with Crippen molar-refractivity contribution in [1.82, 2.24) is 15.1 Å². The summed E-state index contributed by atoms with van der Waals surface area (Å²) in [5.74, 6) is 2.05. The van der Waals surface area contributed by atoms with Crippen molar-refractivity contribution in [2.24, 2.45) is 16.3 Å². The van der Waals surface area contributed by atoms with Gasteiger partial charge in [-0.05, 0) is 71.0 Å². The number of aliphatic imine (C=N–C) groups is 1. The standard InChI is InChI=1S/C20H38N4O.HI/c1-3-21-19(24-14-8-20(16-24)9-15-25-17-20)22-10-4-5-11-23-12-6-18(2)7-13-23;/h18H,3-17H2,1-2H3,(H,21,22);1H. The van der Waals surface area contributed by atoms with Gasteiger partial charge in [0.15, 0.2) is 5.96 Å². The van der Waals surface area contributed by atoms with E-state index >= 15 is 0 Å². The van der Waals surface area contributed by atoms with Gasteiger partial charge in [-0.25, -0.2) is 0 Å². The molecule has 3 aliphatic rings. The summed E-state index contributed by atoms with van der Waals surface area (Å²) >= 11 is 0. The number of guanidine groups is 1. The lowest BCUT2D eigenvalue weighted by Crippen LogP contribution is -2.41. The van der Waals surface area contributed by atoms with Gasteiger partial charge in [-0.15, -0.1) is 24.0 Å². The van der Waals surface area contributed by atoms with E-state index in [1.807, 2.05) is 0 Å². The van der Waals surface area contributed by atoms with Gasteiger partial charge in [-0.3, -0.25) is 4.99 Å². The van der Waals surface area contributed by atoms with Crippen molar-refractivity contribution in [3.05, 3.63) is 0 Å². The van der Waals surface area contributed by atoms with Gasteiger partial charge >= 0.3 is 0 Å². The van der Waals surface area contributed by atoms with Crippen molar-refractivity contribution in [3.63, 3.8) is 0 Å². The quantitative estimate of drug-likeness (QED) is 0.276. The highest BCUT2D eigenvalue weighted by molar-refractivity contribution is 14.0. The summed E-state index contributed by atoms with van der Waals surface area (Å²) in [5, 5.41) is 3.50. The van der Waals surface area contributed by atoms with Gasteiger partial charge in [-0.1, -0.05) is 6.92 Å². The van der Waals surface area contributed by atoms with Gasteiger partial charge in [-0.2, -0.15) is 0 Å². The van der Waals surface area contributed by atoms with E-state index in [1.54, 1.807) is 0 Å². The number of likely N-dealkylation sites (tertiary alicyclic amines) is 2. The molecule has 3 heterocycles. The van der Waals surface area contributed by atoms with E-state index in [4.69, 9.17) is 9.73 Å². The Morgan fingerprint density at radius 3 is 2.69 bits per heavy atom. The second kappa shape index (κ2) is 11.1. The van der Waals surface area contributed by atoms with Crippen LogP contribution in [-0.4, -0.2) is 74.8 Å². The van der Waals surface area contributed by atoms with Crippen LogP contribution < -0.4 is 5.32 Å². The summed E-state index contributed by atoms with van der Waals surface area (Å²) in [4.78, 5) is 10.0. The lowest BCUT2D eigenvalue weighted by atomic mass is 9.87. The molecule has 0 radical (unpaired) electrons. The van der Waals surface area contributed by atoms with Gasteiger partial charge < -0.3 is 19.9 Å². The Kier molecular flexibility index (Phi) is 9.44. The largest absolute Gasteiger partial charge is 0.381 e. The highest BCUT2D eigenvalue weighted by Gasteiger charge is 2.42. The van der Waals surface area contributed by atoms with E-state index < -0.39 is 0 Å². The minimum atomic E-state index is 0. The molecule has 26 heavy (non-hydrogen) atoms. The molecule has 1 spiro atoms. The number of nitrogens with one attached hydrogen (secondary N) is 1. The fourth-order valence-corrected chi connectivity index (χ4v) is 4.43. The van der Waals surface area contributed by atoms with Crippen molar-refractivity contribution < 1.29 is 4.74 Å². The van der Waals surface area contributed by atoms with E-state index in [0.717, 1.165) is 51.3 Å². The molecule has 3 aliphatic heterocycles. The molecule has 1 atom stereocenters. The number of rotatable bonds is 6. The zero-order valence-corrected chi connectivity index (χ0v) is 19.2. The smallest absolute Gasteiger partial charge is 0.193 e. The Morgan fingerprint density at radius 1 is 1.19 bits per heavy atom. The molecule has 1 N–H and O–H groups in total. The molecule has 1 unspecified atom stereocenters. The summed E-state index contributed by atoms with van der Waals surface area (Å²) in [6.45, 7) is 14.4. The predicted octanol–water partition coefficient (Wildman–Crippen LogP) is 3.19. The number of hydrogen-bond donors (Lipinski definition) is 1. The van der Waals surface area contributed by atoms with Crippen molar-refractivity contribution in [2.45, 2.75) is 52.4 Å². The Bertz CT molecular complexity index is 432. The summed E-state index contributed by atoms with van der Waals surface area (Å²) in [7, 11) is 0. The Morgan fingerprint density at radius 2 is 2.00 bits per heavy atom. The molecule has 0 amide bonds. The average molecular weight is 478 g/mol. The minimum Gasteiger partial charge on any atom is -0.381 e. The Labute approximate surface area is 177 Å². The van der Waals surface area contributed by atoms with E-state index in [1.165, 1.54) is 58.2 Å². The summed E-state index contributed by atoms with van der Waals surface area (Å²) in [6.07, 6.45) is 7.70. The van der Waals surface area contributed by atoms with Crippen LogP contribution in [0.25, 0.3) is 0 Å². The molecule has 3 rings (SSSR count). The maximum absolute atomic E-state index is 5.66. The van der Waals surface area contributed by atoms with Gasteiger partial charge in [0.1, 0.15) is 0 Å². The van der Waals surface area contributed by atoms with Crippen molar-refractivity contribution in [3.8, 4) is 0 Å². The molecule has 6 heteroatoms. The van der Waals surface area contributed by atoms with Crippen LogP contribution in [-0.2, 0) is 4.74 Å². The summed E-state index contributed by atoms with van der Waals surface area (Å²) in [5.41, 5.74) is 0.404. The van der Waals surface area contributed by atoms with Crippen LogP contribution in [0.4, 0.5) is 0 Å². The van der Waals surface area contributed by atoms with Gasteiger partial charge in [0.05, 0.1) is 6.61 Å². The Balaban J connectivity index is 0.00000243. The zero-order chi connectivity index (χ0) is 17.5. The number of nitrogens with zero attached hydrogens (tertiary/aromatic N) is 3. The van der Waals surface area contributed by atoms with E-state index in [0.29, 0.717) is 5.41 Å². The predicted molar refractivity (Wildman–Crippen MR) is 120 cm³/mol. The first-order valence-corrected chi connectivity index (χ1v) is 10.5. The maximum Gasteiger partial charge on any atom is 0.193 e. The third kappa shape index (κ3) is 6.23. The van der Waals surface area contributed by atoms with Gasteiger partial charge in [0.25, 0.3) is 0 Å². The van der Waals surface area contributed by atoms with Crippen LogP contribution in [0, 0.1) is 11.3 Å². The molecule has 0 aromatic rings. The van der Waals surface area contributed by atoms with Gasteiger partial charge in [0.2, 0.25) is 0 Å². The second-order valence-corrected chi connectivity index (χ2v) is 8.44. The number of piperidine rings is 1. The molecular formula is C20H39IN4O. The van der Waals surface area contributed by atoms with Crippen LogP contribution >= 0.6 is 24.0 Å². The first-order chi connectivity index (χ1) is 12.2. The maximum atomic E-state index is 5.66. The minimum absolute atomic E-state index is 0. The summed E-state index contributed by atoms with van der Waals surface area (Å²) in [6, 6.07) is 0. The molecule has 0 aromatic heterocycles. The topological polar surface area (TPSA) is 40.1 Å². The fourth-order valence-electron chi connectivity index (χ4n) is 4.43. The average Bonchev–Trinajstić information content (AvgIpc) is 3.25. The molecule has 152 valence electrons. The Hall–Kier alpha value is -0.0800. The van der Waals surface area contributed by atoms with Crippen molar-refractivity contribution in [1.29, 1.82) is 0 Å². The number of ether oxygens (including phenoxy) is 1. The summed E-state index contributed by atoms with van der Waals surface area (Å²) < 4.78 is 5.66. The number of unbranched alkanes of at least 4 members (excludes halogenated alkanes) is 1. The molecule has 0 saturated carbocycles. The van der Waals surface area contributed by atoms with Crippen LogP contribution in [0.15, 0.2) is 4.99 Å². The van der Waals surface area contributed by atoms with E-state index in [-0.39, 0.29) is 24.0 Å². The van der Waals surface area contributed by atoms with Crippen molar-refractivity contribution in [2.75, 3.05) is 59.0 Å². The molecule has 0 aliphatic carbocycles. The van der Waals surface area contributed by atoms with Crippen LogP contribution in [0.1, 0.15) is 52.4 Å². The first kappa shape index (κ1) is 22.2. The highest BCUT2D eigenvalue weighted by Crippen LogP contribution is 2.38. The van der Waals surface area contributed by atoms with Crippen LogP contribution in [0.5, 0.6) is 0 Å². The molecule has 3 saturated heterocycles. The SMILES string of the molecule is CCNC(=NCCCCN1CCC(C)CC1)N1CCC2(CCOC2)C1.I. The first-order valence-electron chi connectivity index (χ1n) is 10.5. The van der Waals surface area contributed by atoms with Gasteiger partial charge in [0, 0.05) is 38.2 Å². The number of hydrogen-bond acceptors (Lipinski definition) is 3. The molecule has 0 bridgehead atoms. The monoisotopic (exact) mass is 478 g/mol. The second-order valence-electron chi connectivity index (χ2n) is 8.44. The van der Waals surface area contributed by atoms with Crippen LogP contribution in [0.2, 0.25) is 0 Å². The lowest BCUT2D eigenvalue weighted by molar-refractivity contribution is 0.156. The number of halogens is 1. The molecule has 5 nitrogen and oxygen atoms in total. The van der Waals surface area contributed by atoms with E-state index in [2.05, 4.69) is 29.0 Å². The zero-order valence-electron chi connectivity index (χ0n) is 16.8. The third-order valence-electron chi connectivity index (χ3n) is 6.28. The fraction of sp³-hybridized carbons (Fsp3) is 0.950. The normalized spacial score (nSPS) is 27.9. The highest BCUT2D eigenvalue weighted by atomic mass is 127. The third-order valence-corrected chi connectivity index (χ3v) is 6.28. The molecule has 0 aromatic carbocycles.